The zero-order chi connectivity index (χ0) is 17.1. The molecule has 0 atom stereocenters. The lowest BCUT2D eigenvalue weighted by Gasteiger charge is -2.11. The lowest BCUT2D eigenvalue weighted by atomic mass is 10.1. The Kier molecular flexibility index (Phi) is 4.55. The van der Waals surface area contributed by atoms with Gasteiger partial charge in [-0.2, -0.15) is 0 Å². The van der Waals surface area contributed by atoms with Gasteiger partial charge in [-0.3, -0.25) is 9.59 Å². The Morgan fingerprint density at radius 3 is 2.71 bits per heavy atom. The molecule has 1 aromatic heterocycles. The van der Waals surface area contributed by atoms with E-state index in [-0.39, 0.29) is 11.8 Å². The van der Waals surface area contributed by atoms with Gasteiger partial charge in [-0.15, -0.1) is 0 Å². The molecule has 0 saturated heterocycles. The Morgan fingerprint density at radius 2 is 2.00 bits per heavy atom. The van der Waals surface area contributed by atoms with E-state index in [1.165, 1.54) is 0 Å². The molecule has 1 aliphatic rings. The first-order valence-electron chi connectivity index (χ1n) is 8.11. The fraction of sp³-hybridized carbons (Fsp3) is 0.333. The number of anilines is 1. The number of amides is 2. The molecule has 3 rings (SSSR count). The van der Waals surface area contributed by atoms with Gasteiger partial charge in [0.2, 0.25) is 0 Å². The van der Waals surface area contributed by atoms with Crippen LogP contribution in [-0.4, -0.2) is 28.3 Å². The molecule has 24 heavy (non-hydrogen) atoms. The average molecular weight is 324 g/mol. The zero-order valence-corrected chi connectivity index (χ0v) is 13.8. The summed E-state index contributed by atoms with van der Waals surface area (Å²) in [4.78, 5) is 33.0. The van der Waals surface area contributed by atoms with E-state index < -0.39 is 0 Å². The molecule has 6 nitrogen and oxygen atoms in total. The Bertz CT molecular complexity index is 784. The molecule has 0 radical (unpaired) electrons. The Labute approximate surface area is 140 Å². The molecule has 6 heteroatoms. The van der Waals surface area contributed by atoms with Gasteiger partial charge in [0.15, 0.2) is 0 Å². The highest BCUT2D eigenvalue weighted by atomic mass is 16.2. The van der Waals surface area contributed by atoms with E-state index in [0.29, 0.717) is 29.4 Å². The summed E-state index contributed by atoms with van der Waals surface area (Å²) in [7, 11) is 0. The van der Waals surface area contributed by atoms with Crippen LogP contribution in [-0.2, 0) is 0 Å². The van der Waals surface area contributed by atoms with Crippen molar-refractivity contribution in [2.45, 2.75) is 32.6 Å². The summed E-state index contributed by atoms with van der Waals surface area (Å²) in [6.07, 6.45) is 3.78. The van der Waals surface area contributed by atoms with E-state index in [2.05, 4.69) is 20.6 Å². The Hall–Kier alpha value is -2.76. The molecule has 1 aromatic carbocycles. The number of hydrogen-bond donors (Lipinski definition) is 2. The summed E-state index contributed by atoms with van der Waals surface area (Å²) < 4.78 is 0. The van der Waals surface area contributed by atoms with E-state index in [1.807, 2.05) is 19.9 Å². The normalized spacial score (nSPS) is 13.4. The molecule has 2 N–H and O–H groups in total. The monoisotopic (exact) mass is 324 g/mol. The van der Waals surface area contributed by atoms with Crippen LogP contribution in [0.1, 0.15) is 57.9 Å². The van der Waals surface area contributed by atoms with Crippen LogP contribution in [0.2, 0.25) is 0 Å². The second-order valence-electron chi connectivity index (χ2n) is 5.92. The van der Waals surface area contributed by atoms with Gasteiger partial charge >= 0.3 is 0 Å². The maximum atomic E-state index is 12.5. The van der Waals surface area contributed by atoms with Crippen molar-refractivity contribution < 1.29 is 9.59 Å². The number of nitrogens with zero attached hydrogens (tertiary/aromatic N) is 2. The summed E-state index contributed by atoms with van der Waals surface area (Å²) in [6, 6.07) is 6.84. The van der Waals surface area contributed by atoms with Crippen molar-refractivity contribution in [3.05, 3.63) is 53.1 Å². The summed E-state index contributed by atoms with van der Waals surface area (Å²) >= 11 is 0. The lowest BCUT2D eigenvalue weighted by Crippen LogP contribution is -2.23. The summed E-state index contributed by atoms with van der Waals surface area (Å²) in [5.41, 5.74) is 2.34. The van der Waals surface area contributed by atoms with Gasteiger partial charge in [0.25, 0.3) is 11.8 Å². The van der Waals surface area contributed by atoms with E-state index in [1.54, 1.807) is 24.4 Å². The molecule has 124 valence electrons. The average Bonchev–Trinajstić information content (AvgIpc) is 3.42. The Balaban J connectivity index is 1.79. The largest absolute Gasteiger partial charge is 0.352 e. The predicted octanol–water partition coefficient (Wildman–Crippen LogP) is 2.66. The standard InChI is InChI=1S/C18H20N4O2/c1-3-19-17(23)13-5-4-11(2)15(10-13)22-18(24)14-8-9-20-16(21-14)12-6-7-12/h4-5,8-10,12H,3,6-7H2,1-2H3,(H,19,23)(H,22,24). The van der Waals surface area contributed by atoms with Gasteiger partial charge in [0.1, 0.15) is 11.5 Å². The third kappa shape index (κ3) is 3.59. The minimum absolute atomic E-state index is 0.161. The number of benzene rings is 1. The second-order valence-corrected chi connectivity index (χ2v) is 5.92. The van der Waals surface area contributed by atoms with Gasteiger partial charge in [-0.1, -0.05) is 6.07 Å². The molecule has 0 spiro atoms. The molecule has 0 unspecified atom stereocenters. The smallest absolute Gasteiger partial charge is 0.274 e. The molecule has 2 amide bonds. The van der Waals surface area contributed by atoms with Crippen LogP contribution in [0.15, 0.2) is 30.5 Å². The van der Waals surface area contributed by atoms with E-state index in [4.69, 9.17) is 0 Å². The van der Waals surface area contributed by atoms with Crippen molar-refractivity contribution in [3.63, 3.8) is 0 Å². The molecule has 0 bridgehead atoms. The molecule has 1 heterocycles. The van der Waals surface area contributed by atoms with Crippen molar-refractivity contribution in [3.8, 4) is 0 Å². The number of rotatable bonds is 5. The van der Waals surface area contributed by atoms with Crippen molar-refractivity contribution in [2.75, 3.05) is 11.9 Å². The van der Waals surface area contributed by atoms with Gasteiger partial charge in [0.05, 0.1) is 0 Å². The summed E-state index contributed by atoms with van der Waals surface area (Å²) in [6.45, 7) is 4.30. The maximum Gasteiger partial charge on any atom is 0.274 e. The highest BCUT2D eigenvalue weighted by molar-refractivity contribution is 6.04. The summed E-state index contributed by atoms with van der Waals surface area (Å²) in [5.74, 6) is 0.664. The molecule has 0 aliphatic heterocycles. The van der Waals surface area contributed by atoms with Crippen molar-refractivity contribution >= 4 is 17.5 Å². The van der Waals surface area contributed by atoms with Gasteiger partial charge < -0.3 is 10.6 Å². The predicted molar refractivity (Wildman–Crippen MR) is 91.1 cm³/mol. The van der Waals surface area contributed by atoms with Crippen LogP contribution in [0.4, 0.5) is 5.69 Å². The molecular formula is C18H20N4O2. The molecule has 2 aromatic rings. The number of aromatic nitrogens is 2. The van der Waals surface area contributed by atoms with E-state index in [0.717, 1.165) is 24.2 Å². The van der Waals surface area contributed by atoms with Gasteiger partial charge in [-0.25, -0.2) is 9.97 Å². The number of carbonyl (C=O) groups excluding carboxylic acids is 2. The third-order valence-corrected chi connectivity index (χ3v) is 3.93. The van der Waals surface area contributed by atoms with Crippen molar-refractivity contribution in [2.24, 2.45) is 0 Å². The highest BCUT2D eigenvalue weighted by Crippen LogP contribution is 2.37. The first kappa shape index (κ1) is 16.1. The Morgan fingerprint density at radius 1 is 1.21 bits per heavy atom. The fourth-order valence-corrected chi connectivity index (χ4v) is 2.39. The van der Waals surface area contributed by atoms with Gasteiger partial charge in [0, 0.05) is 29.9 Å². The summed E-state index contributed by atoms with van der Waals surface area (Å²) in [5, 5.41) is 5.59. The maximum absolute atomic E-state index is 12.5. The quantitative estimate of drug-likeness (QED) is 0.885. The van der Waals surface area contributed by atoms with Crippen LogP contribution in [0.5, 0.6) is 0 Å². The highest BCUT2D eigenvalue weighted by Gasteiger charge is 2.27. The minimum Gasteiger partial charge on any atom is -0.352 e. The topological polar surface area (TPSA) is 84.0 Å². The SMILES string of the molecule is CCNC(=O)c1ccc(C)c(NC(=O)c2ccnc(C3CC3)n2)c1. The van der Waals surface area contributed by atoms with Crippen LogP contribution in [0.25, 0.3) is 0 Å². The van der Waals surface area contributed by atoms with Gasteiger partial charge in [-0.05, 0) is 50.5 Å². The molecule has 1 saturated carbocycles. The van der Waals surface area contributed by atoms with Crippen molar-refractivity contribution in [1.82, 2.24) is 15.3 Å². The van der Waals surface area contributed by atoms with Crippen molar-refractivity contribution in [1.29, 1.82) is 0 Å². The number of carbonyl (C=O) groups is 2. The first-order chi connectivity index (χ1) is 11.6. The van der Waals surface area contributed by atoms with E-state index in [9.17, 15) is 9.59 Å². The minimum atomic E-state index is -0.296. The van der Waals surface area contributed by atoms with Crippen LogP contribution >= 0.6 is 0 Å². The lowest BCUT2D eigenvalue weighted by molar-refractivity contribution is 0.0954. The third-order valence-electron chi connectivity index (χ3n) is 3.93. The molecule has 1 fully saturated rings. The van der Waals surface area contributed by atoms with E-state index >= 15 is 0 Å². The fourth-order valence-electron chi connectivity index (χ4n) is 2.39. The molecule has 1 aliphatic carbocycles. The second kappa shape index (κ2) is 6.78. The van der Waals surface area contributed by atoms with Crippen LogP contribution in [0, 0.1) is 6.92 Å². The molecular weight excluding hydrogens is 304 g/mol. The number of aryl methyl sites for hydroxylation is 1. The number of hydrogen-bond acceptors (Lipinski definition) is 4. The van der Waals surface area contributed by atoms with Crippen LogP contribution < -0.4 is 10.6 Å². The van der Waals surface area contributed by atoms with Crippen LogP contribution in [0.3, 0.4) is 0 Å². The number of nitrogens with one attached hydrogen (secondary N) is 2. The first-order valence-corrected chi connectivity index (χ1v) is 8.11. The zero-order valence-electron chi connectivity index (χ0n) is 13.8.